The second-order valence-corrected chi connectivity index (χ2v) is 7.01. The van der Waals surface area contributed by atoms with Crippen molar-refractivity contribution in [1.82, 2.24) is 5.43 Å². The first-order chi connectivity index (χ1) is 15.5. The number of esters is 1. The molecule has 0 fully saturated rings. The first kappa shape index (κ1) is 22.7. The molecule has 0 unspecified atom stereocenters. The zero-order chi connectivity index (χ0) is 22.9. The van der Waals surface area contributed by atoms with E-state index in [9.17, 15) is 14.4 Å². The number of carbonyl (C=O) groups is 3. The second-order valence-electron chi connectivity index (χ2n) is 6.60. The van der Waals surface area contributed by atoms with E-state index < -0.39 is 17.8 Å². The van der Waals surface area contributed by atoms with Crippen molar-refractivity contribution in [3.8, 4) is 5.75 Å². The van der Waals surface area contributed by atoms with Gasteiger partial charge in [-0.15, -0.1) is 0 Å². The number of nitrogens with zero attached hydrogens (tertiary/aromatic N) is 1. The number of hydrogen-bond donors (Lipinski definition) is 2. The Kier molecular flexibility index (Phi) is 7.72. The van der Waals surface area contributed by atoms with E-state index in [1.165, 1.54) is 6.21 Å². The fraction of sp³-hybridized carbons (Fsp3) is 0.0833. The minimum atomic E-state index is -0.891. The second kappa shape index (κ2) is 10.9. The van der Waals surface area contributed by atoms with E-state index in [0.717, 1.165) is 12.0 Å². The molecule has 0 spiro atoms. The van der Waals surface area contributed by atoms with Crippen molar-refractivity contribution in [3.63, 3.8) is 0 Å². The molecule has 0 aliphatic rings. The summed E-state index contributed by atoms with van der Waals surface area (Å²) in [5.74, 6) is -1.95. The fourth-order valence-corrected chi connectivity index (χ4v) is 2.97. The van der Waals surface area contributed by atoms with Crippen LogP contribution in [0.5, 0.6) is 5.75 Å². The normalized spacial score (nSPS) is 10.6. The number of para-hydroxylation sites is 1. The third kappa shape index (κ3) is 6.02. The van der Waals surface area contributed by atoms with Gasteiger partial charge in [0.05, 0.1) is 16.8 Å². The molecule has 0 aliphatic heterocycles. The van der Waals surface area contributed by atoms with Crippen LogP contribution in [0.2, 0.25) is 5.02 Å². The number of anilines is 1. The highest BCUT2D eigenvalue weighted by Crippen LogP contribution is 2.19. The van der Waals surface area contributed by atoms with Crippen LogP contribution in [0.25, 0.3) is 0 Å². The minimum Gasteiger partial charge on any atom is -0.423 e. The number of amides is 2. The molecule has 0 aromatic heterocycles. The number of benzene rings is 3. The van der Waals surface area contributed by atoms with E-state index in [0.29, 0.717) is 22.0 Å². The van der Waals surface area contributed by atoms with Gasteiger partial charge in [-0.1, -0.05) is 48.9 Å². The molecule has 0 atom stereocenters. The van der Waals surface area contributed by atoms with Gasteiger partial charge in [-0.3, -0.25) is 9.59 Å². The predicted octanol–water partition coefficient (Wildman–Crippen LogP) is 4.21. The van der Waals surface area contributed by atoms with Crippen LogP contribution in [-0.4, -0.2) is 24.0 Å². The van der Waals surface area contributed by atoms with E-state index in [-0.39, 0.29) is 5.56 Å². The van der Waals surface area contributed by atoms with Crippen LogP contribution >= 0.6 is 11.6 Å². The lowest BCUT2D eigenvalue weighted by atomic mass is 10.1. The Morgan fingerprint density at radius 1 is 0.938 bits per heavy atom. The molecule has 0 bridgehead atoms. The van der Waals surface area contributed by atoms with E-state index in [2.05, 4.69) is 15.8 Å². The van der Waals surface area contributed by atoms with Crippen molar-refractivity contribution in [2.24, 2.45) is 5.10 Å². The van der Waals surface area contributed by atoms with Gasteiger partial charge in [-0.2, -0.15) is 5.10 Å². The number of hydrazone groups is 1. The zero-order valence-electron chi connectivity index (χ0n) is 17.2. The summed E-state index contributed by atoms with van der Waals surface area (Å²) in [6.45, 7) is 1.96. The lowest BCUT2D eigenvalue weighted by molar-refractivity contribution is -0.136. The van der Waals surface area contributed by atoms with Crippen LogP contribution in [0.1, 0.15) is 28.4 Å². The Balaban J connectivity index is 1.53. The van der Waals surface area contributed by atoms with Gasteiger partial charge < -0.3 is 10.1 Å². The minimum absolute atomic E-state index is 0.266. The smallest absolute Gasteiger partial charge is 0.345 e. The summed E-state index contributed by atoms with van der Waals surface area (Å²) in [6.07, 6.45) is 2.09. The number of carbonyl (C=O) groups excluding carboxylic acids is 3. The molecule has 0 aliphatic carbocycles. The van der Waals surface area contributed by atoms with E-state index in [1.807, 2.05) is 19.1 Å². The average Bonchev–Trinajstić information content (AvgIpc) is 2.80. The van der Waals surface area contributed by atoms with Crippen LogP contribution < -0.4 is 15.5 Å². The molecule has 32 heavy (non-hydrogen) atoms. The average molecular weight is 450 g/mol. The summed E-state index contributed by atoms with van der Waals surface area (Å²) in [4.78, 5) is 36.2. The van der Waals surface area contributed by atoms with Crippen LogP contribution in [0, 0.1) is 0 Å². The Hall–Kier alpha value is -3.97. The molecule has 0 heterocycles. The van der Waals surface area contributed by atoms with Gasteiger partial charge in [0, 0.05) is 5.69 Å². The molecule has 2 amide bonds. The lowest BCUT2D eigenvalue weighted by Crippen LogP contribution is -2.32. The van der Waals surface area contributed by atoms with Crippen molar-refractivity contribution in [1.29, 1.82) is 0 Å². The number of ether oxygens (including phenoxy) is 1. The maximum Gasteiger partial charge on any atom is 0.345 e. The largest absolute Gasteiger partial charge is 0.423 e. The highest BCUT2D eigenvalue weighted by atomic mass is 35.5. The van der Waals surface area contributed by atoms with Gasteiger partial charge in [0.2, 0.25) is 0 Å². The van der Waals surface area contributed by atoms with Crippen LogP contribution in [0.15, 0.2) is 77.9 Å². The Morgan fingerprint density at radius 2 is 1.62 bits per heavy atom. The highest BCUT2D eigenvalue weighted by molar-refractivity contribution is 6.39. The molecule has 162 valence electrons. The van der Waals surface area contributed by atoms with E-state index in [4.69, 9.17) is 16.3 Å². The summed E-state index contributed by atoms with van der Waals surface area (Å²) < 4.78 is 5.30. The van der Waals surface area contributed by atoms with Gasteiger partial charge in [0.15, 0.2) is 0 Å². The molecule has 0 saturated carbocycles. The quantitative estimate of drug-likeness (QED) is 0.194. The summed E-state index contributed by atoms with van der Waals surface area (Å²) in [6, 6.07) is 20.3. The molecule has 3 rings (SSSR count). The molecule has 3 aromatic rings. The molecule has 2 N–H and O–H groups in total. The SMILES string of the molecule is CCc1ccccc1NC(=O)C(=O)N/N=C/c1ccc(OC(=O)c2ccccc2Cl)cc1. The standard InChI is InChI=1S/C24H20ClN3O4/c1-2-17-7-3-6-10-21(17)27-22(29)23(30)28-26-15-16-11-13-18(14-12-16)32-24(31)19-8-4-5-9-20(19)25/h3-15H,2H2,1H3,(H,27,29)(H,28,30)/b26-15+. The molecule has 0 saturated heterocycles. The van der Waals surface area contributed by atoms with Gasteiger partial charge in [0.1, 0.15) is 5.75 Å². The number of aryl methyl sites for hydroxylation is 1. The number of nitrogens with one attached hydrogen (secondary N) is 2. The first-order valence-electron chi connectivity index (χ1n) is 9.77. The van der Waals surface area contributed by atoms with Crippen molar-refractivity contribution in [2.75, 3.05) is 5.32 Å². The van der Waals surface area contributed by atoms with Crippen molar-refractivity contribution >= 4 is 41.3 Å². The van der Waals surface area contributed by atoms with Crippen LogP contribution in [-0.2, 0) is 16.0 Å². The van der Waals surface area contributed by atoms with Crippen molar-refractivity contribution < 1.29 is 19.1 Å². The number of rotatable bonds is 6. The van der Waals surface area contributed by atoms with Gasteiger partial charge in [-0.25, -0.2) is 10.2 Å². The van der Waals surface area contributed by atoms with Gasteiger partial charge >= 0.3 is 17.8 Å². The molecular formula is C24H20ClN3O4. The fourth-order valence-electron chi connectivity index (χ4n) is 2.76. The lowest BCUT2D eigenvalue weighted by Gasteiger charge is -2.08. The topological polar surface area (TPSA) is 96.9 Å². The summed E-state index contributed by atoms with van der Waals surface area (Å²) in [5, 5.41) is 6.66. The van der Waals surface area contributed by atoms with Crippen molar-refractivity contribution in [2.45, 2.75) is 13.3 Å². The van der Waals surface area contributed by atoms with Gasteiger partial charge in [-0.05, 0) is 60.0 Å². The molecule has 0 radical (unpaired) electrons. The van der Waals surface area contributed by atoms with Gasteiger partial charge in [0.25, 0.3) is 0 Å². The highest BCUT2D eigenvalue weighted by Gasteiger charge is 2.14. The monoisotopic (exact) mass is 449 g/mol. The molecular weight excluding hydrogens is 430 g/mol. The predicted molar refractivity (Wildman–Crippen MR) is 123 cm³/mol. The third-order valence-electron chi connectivity index (χ3n) is 4.42. The summed E-state index contributed by atoms with van der Waals surface area (Å²) in [5.41, 5.74) is 4.58. The summed E-state index contributed by atoms with van der Waals surface area (Å²) in [7, 11) is 0. The molecule has 7 nitrogen and oxygen atoms in total. The van der Waals surface area contributed by atoms with E-state index in [1.54, 1.807) is 60.7 Å². The van der Waals surface area contributed by atoms with E-state index >= 15 is 0 Å². The molecule has 8 heteroatoms. The Morgan fingerprint density at radius 3 is 2.34 bits per heavy atom. The Bertz CT molecular complexity index is 1160. The maximum absolute atomic E-state index is 12.2. The van der Waals surface area contributed by atoms with Crippen LogP contribution in [0.4, 0.5) is 5.69 Å². The maximum atomic E-state index is 12.2. The first-order valence-corrected chi connectivity index (χ1v) is 10.1. The summed E-state index contributed by atoms with van der Waals surface area (Å²) >= 11 is 5.99. The number of hydrogen-bond acceptors (Lipinski definition) is 5. The molecule has 3 aromatic carbocycles. The van der Waals surface area contributed by atoms with Crippen LogP contribution in [0.3, 0.4) is 0 Å². The zero-order valence-corrected chi connectivity index (χ0v) is 17.9. The number of halogens is 1. The van der Waals surface area contributed by atoms with Crippen molar-refractivity contribution in [3.05, 3.63) is 94.5 Å². The third-order valence-corrected chi connectivity index (χ3v) is 4.75. The Labute approximate surface area is 190 Å².